The maximum absolute atomic E-state index is 12.3. The fraction of sp³-hybridized carbons (Fsp3) is 0.632. The van der Waals surface area contributed by atoms with Crippen LogP contribution >= 0.6 is 11.3 Å². The van der Waals surface area contributed by atoms with E-state index in [1.54, 1.807) is 4.90 Å². The second kappa shape index (κ2) is 9.83. The van der Waals surface area contributed by atoms with Gasteiger partial charge in [0.15, 0.2) is 5.78 Å². The maximum Gasteiger partial charge on any atom is 0.234 e. The summed E-state index contributed by atoms with van der Waals surface area (Å²) in [4.78, 5) is 42.1. The Morgan fingerprint density at radius 2 is 1.85 bits per heavy atom. The van der Waals surface area contributed by atoms with E-state index < -0.39 is 0 Å². The van der Waals surface area contributed by atoms with Crippen LogP contribution in [0.25, 0.3) is 0 Å². The third-order valence-corrected chi connectivity index (χ3v) is 5.73. The predicted molar refractivity (Wildman–Crippen MR) is 104 cm³/mol. The summed E-state index contributed by atoms with van der Waals surface area (Å²) in [5.74, 6) is 0.100. The fourth-order valence-electron chi connectivity index (χ4n) is 2.87. The number of hydrogen-bond donors (Lipinski definition) is 1. The average Bonchev–Trinajstić information content (AvgIpc) is 3.06. The molecule has 2 heterocycles. The number of ketones is 1. The number of aryl methyl sites for hydroxylation is 1. The second-order valence-electron chi connectivity index (χ2n) is 6.87. The van der Waals surface area contributed by atoms with Gasteiger partial charge in [-0.2, -0.15) is 0 Å². The molecular formula is C19H29N3O3S. The van der Waals surface area contributed by atoms with E-state index in [4.69, 9.17) is 0 Å². The fourth-order valence-corrected chi connectivity index (χ4v) is 3.70. The molecule has 7 heteroatoms. The van der Waals surface area contributed by atoms with Crippen molar-refractivity contribution < 1.29 is 14.4 Å². The zero-order valence-electron chi connectivity index (χ0n) is 15.9. The van der Waals surface area contributed by atoms with Crippen molar-refractivity contribution in [2.24, 2.45) is 0 Å². The number of Topliss-reactive ketones (excluding diaryl/α,β-unsaturated/α-hetero) is 1. The largest absolute Gasteiger partial charge is 0.353 e. The van der Waals surface area contributed by atoms with Crippen LogP contribution in [0, 0.1) is 6.92 Å². The third-order valence-electron chi connectivity index (χ3n) is 4.69. The van der Waals surface area contributed by atoms with Crippen LogP contribution in [0.3, 0.4) is 0 Å². The highest BCUT2D eigenvalue weighted by molar-refractivity contribution is 7.14. The standard InChI is InChI=1S/C19H29N3O3S/c1-4-14(2)20-18(24)13-21-9-11-22(12-10-21)19(25)8-6-16(23)17-7-5-15(3)26-17/h5,7,14H,4,6,8-13H2,1-3H3,(H,20,24). The van der Waals surface area contributed by atoms with Gasteiger partial charge in [0.05, 0.1) is 11.4 Å². The first-order chi connectivity index (χ1) is 12.4. The molecule has 1 aliphatic rings. The average molecular weight is 380 g/mol. The summed E-state index contributed by atoms with van der Waals surface area (Å²) in [6, 6.07) is 3.95. The Morgan fingerprint density at radius 3 is 2.42 bits per heavy atom. The number of hydrogen-bond acceptors (Lipinski definition) is 5. The Kier molecular flexibility index (Phi) is 7.78. The van der Waals surface area contributed by atoms with Crippen molar-refractivity contribution in [1.29, 1.82) is 0 Å². The van der Waals surface area contributed by atoms with E-state index in [0.717, 1.165) is 16.2 Å². The molecular weight excluding hydrogens is 350 g/mol. The van der Waals surface area contributed by atoms with Crippen molar-refractivity contribution in [2.45, 2.75) is 46.1 Å². The topological polar surface area (TPSA) is 69.7 Å². The minimum Gasteiger partial charge on any atom is -0.353 e. The van der Waals surface area contributed by atoms with Crippen LogP contribution in [-0.2, 0) is 9.59 Å². The molecule has 0 aromatic carbocycles. The number of rotatable bonds is 8. The summed E-state index contributed by atoms with van der Waals surface area (Å²) >= 11 is 1.48. The Labute approximate surface area is 159 Å². The molecule has 26 heavy (non-hydrogen) atoms. The van der Waals surface area contributed by atoms with Crippen LogP contribution in [0.5, 0.6) is 0 Å². The number of thiophene rings is 1. The van der Waals surface area contributed by atoms with Crippen LogP contribution in [0.15, 0.2) is 12.1 Å². The number of carbonyl (C=O) groups is 3. The van der Waals surface area contributed by atoms with E-state index in [1.807, 2.05) is 32.9 Å². The molecule has 0 spiro atoms. The molecule has 0 aliphatic carbocycles. The summed E-state index contributed by atoms with van der Waals surface area (Å²) in [6.45, 7) is 8.99. The Morgan fingerprint density at radius 1 is 1.15 bits per heavy atom. The normalized spacial score (nSPS) is 16.3. The van der Waals surface area contributed by atoms with Crippen molar-refractivity contribution in [2.75, 3.05) is 32.7 Å². The van der Waals surface area contributed by atoms with Gasteiger partial charge in [-0.3, -0.25) is 19.3 Å². The van der Waals surface area contributed by atoms with E-state index in [-0.39, 0.29) is 36.5 Å². The molecule has 144 valence electrons. The lowest BCUT2D eigenvalue weighted by Crippen LogP contribution is -2.51. The van der Waals surface area contributed by atoms with Gasteiger partial charge < -0.3 is 10.2 Å². The van der Waals surface area contributed by atoms with E-state index in [2.05, 4.69) is 10.2 Å². The van der Waals surface area contributed by atoms with Crippen molar-refractivity contribution in [3.63, 3.8) is 0 Å². The summed E-state index contributed by atoms with van der Waals surface area (Å²) in [7, 11) is 0. The molecule has 2 amide bonds. The minimum atomic E-state index is 0.0235. The van der Waals surface area contributed by atoms with Crippen LogP contribution in [0.2, 0.25) is 0 Å². The SMILES string of the molecule is CCC(C)NC(=O)CN1CCN(C(=O)CCC(=O)c2ccc(C)s2)CC1. The highest BCUT2D eigenvalue weighted by Gasteiger charge is 2.23. The number of amides is 2. The van der Waals surface area contributed by atoms with Crippen molar-refractivity contribution in [1.82, 2.24) is 15.1 Å². The molecule has 1 fully saturated rings. The van der Waals surface area contributed by atoms with Crippen LogP contribution in [-0.4, -0.2) is 66.2 Å². The van der Waals surface area contributed by atoms with Crippen molar-refractivity contribution in [3.05, 3.63) is 21.9 Å². The Hall–Kier alpha value is -1.73. The zero-order valence-corrected chi connectivity index (χ0v) is 16.7. The summed E-state index contributed by atoms with van der Waals surface area (Å²) in [6.07, 6.45) is 1.43. The Balaban J connectivity index is 1.69. The molecule has 6 nitrogen and oxygen atoms in total. The first-order valence-electron chi connectivity index (χ1n) is 9.28. The summed E-state index contributed by atoms with van der Waals surface area (Å²) < 4.78 is 0. The molecule has 0 radical (unpaired) electrons. The first-order valence-corrected chi connectivity index (χ1v) is 10.1. The first kappa shape index (κ1) is 20.6. The molecule has 1 aliphatic heterocycles. The second-order valence-corrected chi connectivity index (χ2v) is 8.16. The highest BCUT2D eigenvalue weighted by atomic mass is 32.1. The molecule has 2 rings (SSSR count). The van der Waals surface area contributed by atoms with Crippen LogP contribution < -0.4 is 5.32 Å². The van der Waals surface area contributed by atoms with E-state index >= 15 is 0 Å². The molecule has 1 aromatic heterocycles. The Bertz CT molecular complexity index is 636. The van der Waals surface area contributed by atoms with Crippen molar-refractivity contribution in [3.8, 4) is 0 Å². The third kappa shape index (κ3) is 6.21. The van der Waals surface area contributed by atoms with Crippen molar-refractivity contribution >= 4 is 28.9 Å². The van der Waals surface area contributed by atoms with Gasteiger partial charge in [0.25, 0.3) is 0 Å². The van der Waals surface area contributed by atoms with Gasteiger partial charge in [-0.1, -0.05) is 6.92 Å². The number of carbonyl (C=O) groups excluding carboxylic acids is 3. The van der Waals surface area contributed by atoms with Gasteiger partial charge in [-0.25, -0.2) is 0 Å². The molecule has 1 saturated heterocycles. The predicted octanol–water partition coefficient (Wildman–Crippen LogP) is 2.08. The zero-order chi connectivity index (χ0) is 19.1. The molecule has 1 unspecified atom stereocenters. The van der Waals surface area contributed by atoms with E-state index in [9.17, 15) is 14.4 Å². The smallest absolute Gasteiger partial charge is 0.234 e. The van der Waals surface area contributed by atoms with Gasteiger partial charge in [-0.15, -0.1) is 11.3 Å². The van der Waals surface area contributed by atoms with Gasteiger partial charge in [0.1, 0.15) is 0 Å². The lowest BCUT2D eigenvalue weighted by molar-refractivity contribution is -0.133. The summed E-state index contributed by atoms with van der Waals surface area (Å²) in [5.41, 5.74) is 0. The number of nitrogens with one attached hydrogen (secondary N) is 1. The quantitative estimate of drug-likeness (QED) is 0.702. The monoisotopic (exact) mass is 379 g/mol. The molecule has 0 saturated carbocycles. The van der Waals surface area contributed by atoms with E-state index in [0.29, 0.717) is 32.7 Å². The lowest BCUT2D eigenvalue weighted by Gasteiger charge is -2.34. The van der Waals surface area contributed by atoms with Gasteiger partial charge in [0, 0.05) is 49.9 Å². The lowest BCUT2D eigenvalue weighted by atomic mass is 10.1. The van der Waals surface area contributed by atoms with E-state index in [1.165, 1.54) is 11.3 Å². The molecule has 1 aromatic rings. The maximum atomic E-state index is 12.3. The number of nitrogens with zero attached hydrogens (tertiary/aromatic N) is 2. The molecule has 1 atom stereocenters. The highest BCUT2D eigenvalue weighted by Crippen LogP contribution is 2.18. The van der Waals surface area contributed by atoms with Gasteiger partial charge in [0.2, 0.25) is 11.8 Å². The van der Waals surface area contributed by atoms with Crippen LogP contribution in [0.4, 0.5) is 0 Å². The summed E-state index contributed by atoms with van der Waals surface area (Å²) in [5, 5.41) is 2.96. The number of piperazine rings is 1. The van der Waals surface area contributed by atoms with Crippen LogP contribution in [0.1, 0.15) is 47.7 Å². The van der Waals surface area contributed by atoms with Gasteiger partial charge >= 0.3 is 0 Å². The van der Waals surface area contributed by atoms with Gasteiger partial charge in [-0.05, 0) is 32.4 Å². The molecule has 1 N–H and O–H groups in total. The molecule has 0 bridgehead atoms. The minimum absolute atomic E-state index is 0.0235.